The summed E-state index contributed by atoms with van der Waals surface area (Å²) in [6.45, 7) is 1.41. The molecule has 2 rings (SSSR count). The molecule has 1 fully saturated rings. The van der Waals surface area contributed by atoms with Crippen molar-refractivity contribution >= 4 is 35.0 Å². The van der Waals surface area contributed by atoms with Crippen LogP contribution in [0.3, 0.4) is 0 Å². The van der Waals surface area contributed by atoms with E-state index in [2.05, 4.69) is 0 Å². The summed E-state index contributed by atoms with van der Waals surface area (Å²) in [6, 6.07) is 4.20. The average Bonchev–Trinajstić information content (AvgIpc) is 3.33. The SMILES string of the molecule is COCCCN(CC(=O)N(Cc1cccn1C)C1CC1)C(=O)C(Cl)Cl. The number of hydrogen-bond acceptors (Lipinski definition) is 3. The van der Waals surface area contributed by atoms with Gasteiger partial charge in [-0.1, -0.05) is 23.2 Å². The molecule has 1 saturated carbocycles. The number of carbonyl (C=O) groups excluding carboxylic acids is 2. The first-order chi connectivity index (χ1) is 11.9. The highest BCUT2D eigenvalue weighted by Crippen LogP contribution is 2.28. The number of hydrogen-bond donors (Lipinski definition) is 0. The van der Waals surface area contributed by atoms with Crippen molar-refractivity contribution in [2.45, 2.75) is 36.7 Å². The van der Waals surface area contributed by atoms with Crippen LogP contribution in [0.2, 0.25) is 0 Å². The Morgan fingerprint density at radius 3 is 2.64 bits per heavy atom. The number of carbonyl (C=O) groups is 2. The zero-order chi connectivity index (χ0) is 18.4. The molecule has 1 heterocycles. The summed E-state index contributed by atoms with van der Waals surface area (Å²) < 4.78 is 7.01. The van der Waals surface area contributed by atoms with E-state index in [9.17, 15) is 9.59 Å². The van der Waals surface area contributed by atoms with Gasteiger partial charge >= 0.3 is 0 Å². The predicted octanol–water partition coefficient (Wildman–Crippen LogP) is 2.18. The lowest BCUT2D eigenvalue weighted by Crippen LogP contribution is -2.45. The zero-order valence-electron chi connectivity index (χ0n) is 14.7. The van der Waals surface area contributed by atoms with Gasteiger partial charge in [0, 0.05) is 45.2 Å². The Kier molecular flexibility index (Phi) is 7.59. The molecule has 8 heteroatoms. The molecule has 0 radical (unpaired) electrons. The van der Waals surface area contributed by atoms with E-state index < -0.39 is 10.7 Å². The predicted molar refractivity (Wildman–Crippen MR) is 97.6 cm³/mol. The van der Waals surface area contributed by atoms with E-state index in [0.29, 0.717) is 26.1 Å². The molecule has 1 aromatic rings. The lowest BCUT2D eigenvalue weighted by Gasteiger charge is -2.28. The van der Waals surface area contributed by atoms with Gasteiger partial charge in [0.15, 0.2) is 4.84 Å². The van der Waals surface area contributed by atoms with E-state index in [-0.39, 0.29) is 18.5 Å². The molecule has 0 unspecified atom stereocenters. The van der Waals surface area contributed by atoms with Crippen molar-refractivity contribution < 1.29 is 14.3 Å². The van der Waals surface area contributed by atoms with Crippen molar-refractivity contribution in [2.75, 3.05) is 26.8 Å². The second kappa shape index (κ2) is 9.46. The Morgan fingerprint density at radius 2 is 2.12 bits per heavy atom. The molecular weight excluding hydrogens is 365 g/mol. The third-order valence-electron chi connectivity index (χ3n) is 4.29. The first-order valence-electron chi connectivity index (χ1n) is 8.39. The Morgan fingerprint density at radius 1 is 1.40 bits per heavy atom. The summed E-state index contributed by atoms with van der Waals surface area (Å²) >= 11 is 11.4. The van der Waals surface area contributed by atoms with Gasteiger partial charge in [-0.15, -0.1) is 0 Å². The van der Waals surface area contributed by atoms with Crippen LogP contribution < -0.4 is 0 Å². The maximum Gasteiger partial charge on any atom is 0.256 e. The van der Waals surface area contributed by atoms with E-state index in [1.165, 1.54) is 4.90 Å². The zero-order valence-corrected chi connectivity index (χ0v) is 16.2. The normalized spacial score (nSPS) is 14.0. The molecule has 1 aliphatic carbocycles. The number of aromatic nitrogens is 1. The first kappa shape index (κ1) is 20.1. The Labute approximate surface area is 158 Å². The molecule has 0 atom stereocenters. The quantitative estimate of drug-likeness (QED) is 0.455. The Hall–Kier alpha value is -1.24. The molecule has 0 aromatic carbocycles. The summed E-state index contributed by atoms with van der Waals surface area (Å²) in [5.74, 6) is -0.522. The summed E-state index contributed by atoms with van der Waals surface area (Å²) in [6.07, 6.45) is 4.58. The molecular formula is C17H25Cl2N3O3. The number of rotatable bonds is 10. The third kappa shape index (κ3) is 5.90. The van der Waals surface area contributed by atoms with Crippen LogP contribution in [0, 0.1) is 0 Å². The van der Waals surface area contributed by atoms with Gasteiger partial charge in [-0.25, -0.2) is 0 Å². The van der Waals surface area contributed by atoms with Crippen molar-refractivity contribution in [3.05, 3.63) is 24.0 Å². The van der Waals surface area contributed by atoms with E-state index in [4.69, 9.17) is 27.9 Å². The van der Waals surface area contributed by atoms with Crippen LogP contribution in [0.5, 0.6) is 0 Å². The van der Waals surface area contributed by atoms with Crippen molar-refractivity contribution in [3.63, 3.8) is 0 Å². The van der Waals surface area contributed by atoms with Gasteiger partial charge in [0.1, 0.15) is 0 Å². The number of aryl methyl sites for hydroxylation is 1. The lowest BCUT2D eigenvalue weighted by molar-refractivity contribution is -0.140. The first-order valence-corrected chi connectivity index (χ1v) is 9.27. The topological polar surface area (TPSA) is 54.8 Å². The number of halogens is 2. The number of nitrogens with zero attached hydrogens (tertiary/aromatic N) is 3. The van der Waals surface area contributed by atoms with E-state index in [1.54, 1.807) is 7.11 Å². The molecule has 25 heavy (non-hydrogen) atoms. The molecule has 1 aliphatic rings. The van der Waals surface area contributed by atoms with Gasteiger partial charge in [-0.05, 0) is 31.4 Å². The molecule has 0 aliphatic heterocycles. The van der Waals surface area contributed by atoms with Crippen LogP contribution in [0.25, 0.3) is 0 Å². The maximum atomic E-state index is 12.8. The average molecular weight is 390 g/mol. The molecule has 140 valence electrons. The van der Waals surface area contributed by atoms with Gasteiger partial charge in [0.25, 0.3) is 5.91 Å². The maximum absolute atomic E-state index is 12.8. The van der Waals surface area contributed by atoms with E-state index >= 15 is 0 Å². The highest BCUT2D eigenvalue weighted by Gasteiger charge is 2.34. The number of alkyl halides is 2. The molecule has 2 amide bonds. The lowest BCUT2D eigenvalue weighted by atomic mass is 10.3. The smallest absolute Gasteiger partial charge is 0.256 e. The summed E-state index contributed by atoms with van der Waals surface area (Å²) in [5, 5.41) is 0. The fourth-order valence-corrected chi connectivity index (χ4v) is 2.98. The minimum atomic E-state index is -1.17. The summed E-state index contributed by atoms with van der Waals surface area (Å²) in [7, 11) is 3.55. The van der Waals surface area contributed by atoms with Crippen molar-refractivity contribution in [1.82, 2.24) is 14.4 Å². The van der Waals surface area contributed by atoms with E-state index in [0.717, 1.165) is 18.5 Å². The number of amides is 2. The van der Waals surface area contributed by atoms with Crippen molar-refractivity contribution in [1.29, 1.82) is 0 Å². The molecule has 0 bridgehead atoms. The molecule has 0 N–H and O–H groups in total. The standard InChI is InChI=1S/C17H25Cl2N3O3/c1-20-8-3-5-14(20)11-22(13-6-7-13)15(23)12-21(9-4-10-25-2)17(24)16(18)19/h3,5,8,13,16H,4,6-7,9-12H2,1-2H3. The van der Waals surface area contributed by atoms with Gasteiger partial charge < -0.3 is 19.1 Å². The third-order valence-corrected chi connectivity index (χ3v) is 4.67. The highest BCUT2D eigenvalue weighted by molar-refractivity contribution is 6.53. The van der Waals surface area contributed by atoms with E-state index in [1.807, 2.05) is 34.8 Å². The minimum Gasteiger partial charge on any atom is -0.385 e. The molecule has 0 spiro atoms. The minimum absolute atomic E-state index is 0.0145. The van der Waals surface area contributed by atoms with Gasteiger partial charge in [0.05, 0.1) is 13.1 Å². The van der Waals surface area contributed by atoms with Crippen LogP contribution in [0.1, 0.15) is 25.0 Å². The van der Waals surface area contributed by atoms with Crippen molar-refractivity contribution in [3.8, 4) is 0 Å². The molecule has 1 aromatic heterocycles. The van der Waals surface area contributed by atoms with Gasteiger partial charge in [0.2, 0.25) is 5.91 Å². The molecule has 6 nitrogen and oxygen atoms in total. The Balaban J connectivity index is 2.02. The highest BCUT2D eigenvalue weighted by atomic mass is 35.5. The summed E-state index contributed by atoms with van der Waals surface area (Å²) in [4.78, 5) is 27.1. The van der Waals surface area contributed by atoms with Gasteiger partial charge in [-0.3, -0.25) is 9.59 Å². The fourth-order valence-electron chi connectivity index (χ4n) is 2.70. The second-order valence-corrected chi connectivity index (χ2v) is 7.37. The number of methoxy groups -OCH3 is 1. The number of ether oxygens (including phenoxy) is 1. The second-order valence-electron chi connectivity index (χ2n) is 6.27. The Bertz CT molecular complexity index is 587. The molecule has 0 saturated heterocycles. The fraction of sp³-hybridized carbons (Fsp3) is 0.647. The van der Waals surface area contributed by atoms with Crippen LogP contribution >= 0.6 is 23.2 Å². The summed E-state index contributed by atoms with van der Waals surface area (Å²) in [5.41, 5.74) is 1.06. The van der Waals surface area contributed by atoms with Gasteiger partial charge in [-0.2, -0.15) is 0 Å². The van der Waals surface area contributed by atoms with Crippen LogP contribution in [-0.4, -0.2) is 63.9 Å². The largest absolute Gasteiger partial charge is 0.385 e. The van der Waals surface area contributed by atoms with Crippen molar-refractivity contribution in [2.24, 2.45) is 7.05 Å². The monoisotopic (exact) mass is 389 g/mol. The van der Waals surface area contributed by atoms with Crippen LogP contribution in [0.4, 0.5) is 0 Å². The van der Waals surface area contributed by atoms with Crippen LogP contribution in [-0.2, 0) is 27.9 Å². The van der Waals surface area contributed by atoms with Crippen LogP contribution in [0.15, 0.2) is 18.3 Å².